The summed E-state index contributed by atoms with van der Waals surface area (Å²) < 4.78 is 29.5. The molecule has 2 unspecified atom stereocenters. The average Bonchev–Trinajstić information content (AvgIpc) is 3.17. The van der Waals surface area contributed by atoms with Crippen molar-refractivity contribution in [2.75, 3.05) is 19.6 Å². The molecule has 26 heavy (non-hydrogen) atoms. The standard InChI is InChI=1S/C17H24ClN3O4S/c1-3-21-6-4-5-11(21)9-20-17(22)13-8-14(26(19,23)24)15(18)12-7-10(2)25-16(12)13/h8,10-11H,3-7,9H2,1-2H3,(H,20,22)(H2,19,23,24). The monoisotopic (exact) mass is 401 g/mol. The number of hydrogen-bond acceptors (Lipinski definition) is 5. The van der Waals surface area contributed by atoms with E-state index in [0.29, 0.717) is 30.3 Å². The summed E-state index contributed by atoms with van der Waals surface area (Å²) in [6.07, 6.45) is 2.39. The highest BCUT2D eigenvalue weighted by atomic mass is 35.5. The lowest BCUT2D eigenvalue weighted by atomic mass is 10.1. The van der Waals surface area contributed by atoms with Gasteiger partial charge in [-0.15, -0.1) is 0 Å². The van der Waals surface area contributed by atoms with Gasteiger partial charge in [0, 0.05) is 24.6 Å². The Morgan fingerprint density at radius 2 is 2.23 bits per heavy atom. The molecular formula is C17H24ClN3O4S. The fourth-order valence-corrected chi connectivity index (χ4v) is 4.94. The minimum atomic E-state index is -4.05. The fraction of sp³-hybridized carbons (Fsp3) is 0.588. The van der Waals surface area contributed by atoms with Crippen molar-refractivity contribution in [2.24, 2.45) is 5.14 Å². The quantitative estimate of drug-likeness (QED) is 0.778. The molecule has 0 radical (unpaired) electrons. The maximum atomic E-state index is 12.8. The third-order valence-corrected chi connectivity index (χ3v) is 6.52. The Bertz CT molecular complexity index is 828. The van der Waals surface area contributed by atoms with Crippen LogP contribution in [0.4, 0.5) is 0 Å². The second kappa shape index (κ2) is 7.34. The molecule has 2 heterocycles. The van der Waals surface area contributed by atoms with Gasteiger partial charge < -0.3 is 10.1 Å². The van der Waals surface area contributed by atoms with Crippen LogP contribution in [0.15, 0.2) is 11.0 Å². The smallest absolute Gasteiger partial charge is 0.255 e. The molecule has 2 atom stereocenters. The van der Waals surface area contributed by atoms with E-state index in [1.807, 2.05) is 6.92 Å². The number of likely N-dealkylation sites (tertiary alicyclic amines) is 1. The lowest BCUT2D eigenvalue weighted by Crippen LogP contribution is -2.40. The Hall–Kier alpha value is -1.35. The van der Waals surface area contributed by atoms with Crippen LogP contribution in [-0.2, 0) is 16.4 Å². The van der Waals surface area contributed by atoms with Gasteiger partial charge in [0.15, 0.2) is 0 Å². The zero-order chi connectivity index (χ0) is 19.1. The number of nitrogens with two attached hydrogens (primary N) is 1. The van der Waals surface area contributed by atoms with Gasteiger partial charge in [0.05, 0.1) is 10.6 Å². The largest absolute Gasteiger partial charge is 0.489 e. The molecule has 1 fully saturated rings. The summed E-state index contributed by atoms with van der Waals surface area (Å²) in [5.74, 6) is -0.0222. The van der Waals surface area contributed by atoms with E-state index in [-0.39, 0.29) is 27.5 Å². The molecule has 0 aliphatic carbocycles. The predicted octanol–water partition coefficient (Wildman–Crippen LogP) is 1.52. The third kappa shape index (κ3) is 3.69. The van der Waals surface area contributed by atoms with E-state index in [1.54, 1.807) is 0 Å². The number of carbonyl (C=O) groups excluding carboxylic acids is 1. The van der Waals surface area contributed by atoms with Gasteiger partial charge in [0.2, 0.25) is 10.0 Å². The van der Waals surface area contributed by atoms with Crippen LogP contribution in [0.3, 0.4) is 0 Å². The molecule has 1 saturated heterocycles. The Morgan fingerprint density at radius 3 is 2.88 bits per heavy atom. The highest BCUT2D eigenvalue weighted by Gasteiger charge is 2.32. The van der Waals surface area contributed by atoms with Gasteiger partial charge in [0.25, 0.3) is 5.91 Å². The number of fused-ring (bicyclic) bond motifs is 1. The summed E-state index contributed by atoms with van der Waals surface area (Å²) in [5.41, 5.74) is 0.686. The van der Waals surface area contributed by atoms with E-state index in [4.69, 9.17) is 21.5 Å². The number of halogens is 1. The summed E-state index contributed by atoms with van der Waals surface area (Å²) >= 11 is 6.22. The molecule has 3 rings (SSSR count). The Kier molecular flexibility index (Phi) is 5.48. The van der Waals surface area contributed by atoms with Crippen LogP contribution in [0.25, 0.3) is 0 Å². The molecule has 2 aliphatic rings. The van der Waals surface area contributed by atoms with Crippen LogP contribution in [0.1, 0.15) is 42.6 Å². The van der Waals surface area contributed by atoms with E-state index >= 15 is 0 Å². The lowest BCUT2D eigenvalue weighted by molar-refractivity contribution is 0.0936. The fourth-order valence-electron chi connectivity index (χ4n) is 3.74. The van der Waals surface area contributed by atoms with Gasteiger partial charge in [-0.1, -0.05) is 18.5 Å². The topological polar surface area (TPSA) is 102 Å². The molecule has 3 N–H and O–H groups in total. The van der Waals surface area contributed by atoms with Crippen molar-refractivity contribution < 1.29 is 17.9 Å². The van der Waals surface area contributed by atoms with Crippen LogP contribution in [0.2, 0.25) is 5.02 Å². The maximum Gasteiger partial charge on any atom is 0.255 e. The number of hydrogen-bond donors (Lipinski definition) is 2. The Labute approximate surface area is 158 Å². The normalized spacial score (nSPS) is 22.9. The Morgan fingerprint density at radius 1 is 1.50 bits per heavy atom. The van der Waals surface area contributed by atoms with Gasteiger partial charge >= 0.3 is 0 Å². The second-order valence-corrected chi connectivity index (χ2v) is 8.76. The van der Waals surface area contributed by atoms with Crippen LogP contribution in [-0.4, -0.2) is 51.0 Å². The molecule has 7 nitrogen and oxygen atoms in total. The number of primary sulfonamides is 1. The number of carbonyl (C=O) groups is 1. The number of rotatable bonds is 5. The van der Waals surface area contributed by atoms with Gasteiger partial charge in [-0.05, 0) is 38.9 Å². The van der Waals surface area contributed by atoms with E-state index in [2.05, 4.69) is 17.1 Å². The minimum absolute atomic E-state index is 0.0383. The number of sulfonamides is 1. The first-order chi connectivity index (χ1) is 12.2. The predicted molar refractivity (Wildman–Crippen MR) is 99.2 cm³/mol. The first-order valence-electron chi connectivity index (χ1n) is 8.79. The summed E-state index contributed by atoms with van der Waals surface area (Å²) in [6, 6.07) is 1.51. The molecule has 1 aromatic carbocycles. The van der Waals surface area contributed by atoms with Crippen LogP contribution in [0, 0.1) is 0 Å². The molecule has 144 valence electrons. The number of nitrogens with one attached hydrogen (secondary N) is 1. The van der Waals surface area contributed by atoms with Crippen LogP contribution in [0.5, 0.6) is 5.75 Å². The molecule has 2 aliphatic heterocycles. The zero-order valence-electron chi connectivity index (χ0n) is 14.9. The van der Waals surface area contributed by atoms with E-state index in [0.717, 1.165) is 25.9 Å². The summed E-state index contributed by atoms with van der Waals surface area (Å²) in [5, 5.41) is 8.22. The molecular weight excluding hydrogens is 378 g/mol. The average molecular weight is 402 g/mol. The molecule has 1 aromatic rings. The SMILES string of the molecule is CCN1CCCC1CNC(=O)c1cc(S(N)(=O)=O)c(Cl)c2c1OC(C)C2. The van der Waals surface area contributed by atoms with E-state index in [1.165, 1.54) is 6.07 Å². The maximum absolute atomic E-state index is 12.8. The number of likely N-dealkylation sites (N-methyl/N-ethyl adjacent to an activating group) is 1. The highest BCUT2D eigenvalue weighted by molar-refractivity contribution is 7.89. The van der Waals surface area contributed by atoms with E-state index in [9.17, 15) is 13.2 Å². The number of ether oxygens (including phenoxy) is 1. The molecule has 0 spiro atoms. The molecule has 9 heteroatoms. The second-order valence-electron chi connectivity index (χ2n) is 6.86. The van der Waals surface area contributed by atoms with Crippen LogP contribution < -0.4 is 15.2 Å². The lowest BCUT2D eigenvalue weighted by Gasteiger charge is -2.23. The van der Waals surface area contributed by atoms with Crippen molar-refractivity contribution in [3.63, 3.8) is 0 Å². The highest BCUT2D eigenvalue weighted by Crippen LogP contribution is 2.41. The first kappa shape index (κ1) is 19.4. The molecule has 0 saturated carbocycles. The van der Waals surface area contributed by atoms with Gasteiger partial charge in [-0.3, -0.25) is 9.69 Å². The number of benzene rings is 1. The summed E-state index contributed by atoms with van der Waals surface area (Å²) in [4.78, 5) is 14.8. The number of amides is 1. The summed E-state index contributed by atoms with van der Waals surface area (Å²) in [6.45, 7) is 6.41. The molecule has 1 amide bonds. The number of nitrogens with zero attached hydrogens (tertiary/aromatic N) is 1. The molecule has 0 bridgehead atoms. The van der Waals surface area contributed by atoms with Crippen molar-refractivity contribution in [1.29, 1.82) is 0 Å². The van der Waals surface area contributed by atoms with Crippen molar-refractivity contribution >= 4 is 27.5 Å². The minimum Gasteiger partial charge on any atom is -0.489 e. The first-order valence-corrected chi connectivity index (χ1v) is 10.7. The van der Waals surface area contributed by atoms with Crippen molar-refractivity contribution in [1.82, 2.24) is 10.2 Å². The van der Waals surface area contributed by atoms with Gasteiger partial charge in [-0.2, -0.15) is 0 Å². The summed E-state index contributed by atoms with van der Waals surface area (Å²) in [7, 11) is -4.05. The van der Waals surface area contributed by atoms with Crippen molar-refractivity contribution in [3.05, 3.63) is 22.2 Å². The van der Waals surface area contributed by atoms with Crippen LogP contribution >= 0.6 is 11.6 Å². The third-order valence-electron chi connectivity index (χ3n) is 5.04. The van der Waals surface area contributed by atoms with Crippen molar-refractivity contribution in [2.45, 2.75) is 50.2 Å². The van der Waals surface area contributed by atoms with E-state index < -0.39 is 10.0 Å². The Balaban J connectivity index is 1.89. The molecule has 0 aromatic heterocycles. The van der Waals surface area contributed by atoms with Crippen molar-refractivity contribution in [3.8, 4) is 5.75 Å². The van der Waals surface area contributed by atoms with Gasteiger partial charge in [-0.25, -0.2) is 13.6 Å². The zero-order valence-corrected chi connectivity index (χ0v) is 16.5. The van der Waals surface area contributed by atoms with Gasteiger partial charge in [0.1, 0.15) is 16.7 Å².